The molecule has 14 heavy (non-hydrogen) atoms. The van der Waals surface area contributed by atoms with Gasteiger partial charge in [0.05, 0.1) is 6.54 Å². The van der Waals surface area contributed by atoms with Crippen molar-refractivity contribution in [3.8, 4) is 0 Å². The standard InChI is InChI=1S/C9H16N2O.2BrH/c10-6-8(12)9-2-1-4-11(7-9)5-3-9;;/h1-7,10H2;2*1H. The molecule has 2 saturated heterocycles. The predicted octanol–water partition coefficient (Wildman–Crippen LogP) is 1.16. The van der Waals surface area contributed by atoms with Crippen LogP contribution in [-0.4, -0.2) is 36.9 Å². The van der Waals surface area contributed by atoms with Gasteiger partial charge in [0.25, 0.3) is 0 Å². The quantitative estimate of drug-likeness (QED) is 0.827. The summed E-state index contributed by atoms with van der Waals surface area (Å²) in [5.74, 6) is 0.282. The summed E-state index contributed by atoms with van der Waals surface area (Å²) in [5.41, 5.74) is 5.38. The fraction of sp³-hybridized carbons (Fsp3) is 0.889. The first-order chi connectivity index (χ1) is 5.77. The molecule has 5 heteroatoms. The molecule has 2 atom stereocenters. The highest BCUT2D eigenvalue weighted by molar-refractivity contribution is 8.93. The van der Waals surface area contributed by atoms with Crippen LogP contribution >= 0.6 is 34.0 Å². The van der Waals surface area contributed by atoms with E-state index in [2.05, 4.69) is 4.90 Å². The highest BCUT2D eigenvalue weighted by Crippen LogP contribution is 2.39. The Kier molecular flexibility index (Phi) is 5.80. The molecule has 2 rings (SSSR count). The van der Waals surface area contributed by atoms with Gasteiger partial charge in [-0.05, 0) is 32.4 Å². The predicted molar refractivity (Wildman–Crippen MR) is 67.4 cm³/mol. The zero-order valence-electron chi connectivity index (χ0n) is 8.20. The maximum atomic E-state index is 11.6. The van der Waals surface area contributed by atoms with Crippen molar-refractivity contribution in [1.82, 2.24) is 4.90 Å². The van der Waals surface area contributed by atoms with Gasteiger partial charge in [0.2, 0.25) is 0 Å². The number of hydrogen-bond donors (Lipinski definition) is 1. The Labute approximate surface area is 106 Å². The van der Waals surface area contributed by atoms with Crippen LogP contribution in [0.2, 0.25) is 0 Å². The topological polar surface area (TPSA) is 46.3 Å². The molecule has 2 aliphatic rings. The molecule has 84 valence electrons. The lowest BCUT2D eigenvalue weighted by Gasteiger charge is -2.32. The molecule has 3 nitrogen and oxygen atoms in total. The molecule has 0 spiro atoms. The van der Waals surface area contributed by atoms with Gasteiger partial charge in [-0.15, -0.1) is 34.0 Å². The highest BCUT2D eigenvalue weighted by atomic mass is 79.9. The van der Waals surface area contributed by atoms with Gasteiger partial charge in [-0.3, -0.25) is 4.79 Å². The minimum Gasteiger partial charge on any atom is -0.324 e. The summed E-state index contributed by atoms with van der Waals surface area (Å²) in [4.78, 5) is 14.0. The maximum Gasteiger partial charge on any atom is 0.153 e. The van der Waals surface area contributed by atoms with E-state index in [9.17, 15) is 4.79 Å². The zero-order chi connectivity index (χ0) is 8.60. The molecule has 2 unspecified atom stereocenters. The third-order valence-corrected chi connectivity index (χ3v) is 3.34. The van der Waals surface area contributed by atoms with Crippen LogP contribution in [0.4, 0.5) is 0 Å². The van der Waals surface area contributed by atoms with Gasteiger partial charge in [0.15, 0.2) is 5.78 Å². The minimum absolute atomic E-state index is 0. The van der Waals surface area contributed by atoms with Crippen LogP contribution in [-0.2, 0) is 4.79 Å². The number of ketones is 1. The van der Waals surface area contributed by atoms with Crippen LogP contribution in [0.25, 0.3) is 0 Å². The van der Waals surface area contributed by atoms with E-state index in [0.717, 1.165) is 25.9 Å². The maximum absolute atomic E-state index is 11.6. The number of Topliss-reactive ketones (excluding diaryl/α,β-unsaturated/α-hetero) is 1. The SMILES string of the molecule is Br.Br.NCC(=O)C12CCCN(CC1)C2. The van der Waals surface area contributed by atoms with Crippen molar-refractivity contribution in [2.75, 3.05) is 26.2 Å². The van der Waals surface area contributed by atoms with Crippen molar-refractivity contribution in [3.05, 3.63) is 0 Å². The number of piperidine rings is 1. The lowest BCUT2D eigenvalue weighted by Crippen LogP contribution is -2.42. The van der Waals surface area contributed by atoms with E-state index in [4.69, 9.17) is 5.73 Å². The number of carbonyl (C=O) groups is 1. The molecule has 0 aromatic heterocycles. The summed E-state index contributed by atoms with van der Waals surface area (Å²) >= 11 is 0. The summed E-state index contributed by atoms with van der Waals surface area (Å²) < 4.78 is 0. The van der Waals surface area contributed by atoms with E-state index in [1.807, 2.05) is 0 Å². The van der Waals surface area contributed by atoms with Gasteiger partial charge in [-0.2, -0.15) is 0 Å². The van der Waals surface area contributed by atoms with E-state index < -0.39 is 0 Å². The first-order valence-corrected chi connectivity index (χ1v) is 4.73. The molecule has 0 aromatic rings. The van der Waals surface area contributed by atoms with Crippen LogP contribution < -0.4 is 5.73 Å². The first kappa shape index (κ1) is 14.6. The van der Waals surface area contributed by atoms with E-state index in [-0.39, 0.29) is 51.7 Å². The number of rotatable bonds is 2. The molecular weight excluding hydrogens is 312 g/mol. The summed E-state index contributed by atoms with van der Waals surface area (Å²) in [6.07, 6.45) is 3.29. The van der Waals surface area contributed by atoms with Crippen molar-refractivity contribution in [1.29, 1.82) is 0 Å². The number of halogens is 2. The van der Waals surface area contributed by atoms with Gasteiger partial charge in [-0.1, -0.05) is 0 Å². The number of hydrogen-bond acceptors (Lipinski definition) is 3. The Hall–Kier alpha value is 0.550. The van der Waals surface area contributed by atoms with Crippen molar-refractivity contribution >= 4 is 39.7 Å². The van der Waals surface area contributed by atoms with E-state index in [0.29, 0.717) is 0 Å². The van der Waals surface area contributed by atoms with E-state index >= 15 is 0 Å². The van der Waals surface area contributed by atoms with Crippen molar-refractivity contribution < 1.29 is 4.79 Å². The normalized spacial score (nSPS) is 34.2. The van der Waals surface area contributed by atoms with Crippen molar-refractivity contribution in [3.63, 3.8) is 0 Å². The second kappa shape index (κ2) is 5.58. The fourth-order valence-corrected chi connectivity index (χ4v) is 2.58. The Morgan fingerprint density at radius 3 is 2.64 bits per heavy atom. The Bertz CT molecular complexity index is 209. The second-order valence-corrected chi connectivity index (χ2v) is 4.04. The molecular formula is C9H18Br2N2O. The molecule has 0 amide bonds. The number of carbonyl (C=O) groups excluding carboxylic acids is 1. The van der Waals surface area contributed by atoms with Crippen molar-refractivity contribution in [2.45, 2.75) is 19.3 Å². The van der Waals surface area contributed by atoms with Gasteiger partial charge in [0.1, 0.15) is 0 Å². The molecule has 2 fully saturated rings. The lowest BCUT2D eigenvalue weighted by molar-refractivity contribution is -0.127. The molecule has 0 radical (unpaired) electrons. The average molecular weight is 330 g/mol. The smallest absolute Gasteiger partial charge is 0.153 e. The van der Waals surface area contributed by atoms with Crippen LogP contribution in [0.3, 0.4) is 0 Å². The summed E-state index contributed by atoms with van der Waals surface area (Å²) in [6.45, 7) is 3.49. The van der Waals surface area contributed by atoms with Gasteiger partial charge in [-0.25, -0.2) is 0 Å². The van der Waals surface area contributed by atoms with E-state index in [1.165, 1.54) is 13.0 Å². The average Bonchev–Trinajstić information content (AvgIpc) is 2.42. The minimum atomic E-state index is -0.0347. The lowest BCUT2D eigenvalue weighted by atomic mass is 9.77. The van der Waals surface area contributed by atoms with Crippen LogP contribution in [0.1, 0.15) is 19.3 Å². The van der Waals surface area contributed by atoms with Gasteiger partial charge >= 0.3 is 0 Å². The van der Waals surface area contributed by atoms with Gasteiger partial charge in [0, 0.05) is 12.0 Å². The van der Waals surface area contributed by atoms with Crippen molar-refractivity contribution in [2.24, 2.45) is 11.1 Å². The van der Waals surface area contributed by atoms with E-state index in [1.54, 1.807) is 0 Å². The van der Waals surface area contributed by atoms with Crippen LogP contribution in [0, 0.1) is 5.41 Å². The third-order valence-electron chi connectivity index (χ3n) is 3.34. The molecule has 2 N–H and O–H groups in total. The molecule has 0 saturated carbocycles. The Morgan fingerprint density at radius 2 is 2.00 bits per heavy atom. The summed E-state index contributed by atoms with van der Waals surface area (Å²) in [6, 6.07) is 0. The highest BCUT2D eigenvalue weighted by Gasteiger charge is 2.45. The molecule has 2 heterocycles. The number of nitrogens with two attached hydrogens (primary N) is 1. The third kappa shape index (κ3) is 2.38. The molecule has 0 aliphatic carbocycles. The monoisotopic (exact) mass is 328 g/mol. The van der Waals surface area contributed by atoms with Crippen LogP contribution in [0.15, 0.2) is 0 Å². The van der Waals surface area contributed by atoms with Gasteiger partial charge < -0.3 is 10.6 Å². The number of fused-ring (bicyclic) bond motifs is 2. The zero-order valence-corrected chi connectivity index (χ0v) is 11.6. The molecule has 2 aliphatic heterocycles. The molecule has 0 aromatic carbocycles. The second-order valence-electron chi connectivity index (χ2n) is 4.04. The Balaban J connectivity index is 0.000000845. The fourth-order valence-electron chi connectivity index (χ4n) is 2.58. The molecule has 2 bridgehead atoms. The Morgan fingerprint density at radius 1 is 1.29 bits per heavy atom. The summed E-state index contributed by atoms with van der Waals surface area (Å²) in [5, 5.41) is 0. The number of nitrogens with zero attached hydrogens (tertiary/aromatic N) is 1. The largest absolute Gasteiger partial charge is 0.324 e. The first-order valence-electron chi connectivity index (χ1n) is 4.73. The van der Waals surface area contributed by atoms with Crippen LogP contribution in [0.5, 0.6) is 0 Å². The summed E-state index contributed by atoms with van der Waals surface area (Å²) in [7, 11) is 0.